The minimum absolute atomic E-state index is 0.0612. The van der Waals surface area contributed by atoms with Crippen LogP contribution in [0.5, 0.6) is 0 Å². The molecule has 1 N–H and O–H groups in total. The summed E-state index contributed by atoms with van der Waals surface area (Å²) in [5.41, 5.74) is 3.17. The van der Waals surface area contributed by atoms with Gasteiger partial charge in [0.2, 0.25) is 6.41 Å². The average Bonchev–Trinajstić information content (AvgIpc) is 3.49. The van der Waals surface area contributed by atoms with Crippen LogP contribution in [0, 0.1) is 5.92 Å². The van der Waals surface area contributed by atoms with E-state index in [2.05, 4.69) is 28.0 Å². The number of aromatic nitrogens is 3. The van der Waals surface area contributed by atoms with Crippen LogP contribution >= 0.6 is 23.2 Å². The molecule has 1 aliphatic heterocycles. The summed E-state index contributed by atoms with van der Waals surface area (Å²) < 4.78 is 0. The molecule has 1 aliphatic carbocycles. The minimum Gasteiger partial charge on any atom is -0.346 e. The maximum absolute atomic E-state index is 13.1. The van der Waals surface area contributed by atoms with Gasteiger partial charge in [-0.3, -0.25) is 19.5 Å². The van der Waals surface area contributed by atoms with Crippen molar-refractivity contribution >= 4 is 57.9 Å². The van der Waals surface area contributed by atoms with E-state index in [1.54, 1.807) is 9.80 Å². The SMILES string of the molecule is CC1CN(C(=O)c2c(Cl)cncc2Cl)CC=C1c1cc(N(C=O)C2CC2)nc2[nH]ccc12. The van der Waals surface area contributed by atoms with Crippen LogP contribution in [0.25, 0.3) is 16.6 Å². The molecule has 1 fully saturated rings. The van der Waals surface area contributed by atoms with Crippen LogP contribution in [0.4, 0.5) is 5.82 Å². The average molecular weight is 470 g/mol. The summed E-state index contributed by atoms with van der Waals surface area (Å²) in [6.45, 7) is 3.03. The minimum atomic E-state index is -0.215. The lowest BCUT2D eigenvalue weighted by Crippen LogP contribution is -2.38. The second-order valence-electron chi connectivity index (χ2n) is 8.26. The van der Waals surface area contributed by atoms with Gasteiger partial charge < -0.3 is 9.88 Å². The van der Waals surface area contributed by atoms with Crippen LogP contribution in [0.2, 0.25) is 10.0 Å². The molecule has 1 unspecified atom stereocenters. The lowest BCUT2D eigenvalue weighted by Gasteiger charge is -2.32. The van der Waals surface area contributed by atoms with E-state index in [1.165, 1.54) is 12.4 Å². The molecular weight excluding hydrogens is 449 g/mol. The number of hydrogen-bond acceptors (Lipinski definition) is 4. The first-order valence-corrected chi connectivity index (χ1v) is 11.2. The van der Waals surface area contributed by atoms with Gasteiger partial charge in [-0.05, 0) is 42.0 Å². The Bertz CT molecular complexity index is 1230. The molecule has 3 aromatic rings. The fourth-order valence-electron chi connectivity index (χ4n) is 4.30. The summed E-state index contributed by atoms with van der Waals surface area (Å²) in [5, 5.41) is 1.48. The Morgan fingerprint density at radius 3 is 2.69 bits per heavy atom. The second kappa shape index (κ2) is 8.22. The van der Waals surface area contributed by atoms with Crippen molar-refractivity contribution in [2.45, 2.75) is 25.8 Å². The van der Waals surface area contributed by atoms with Gasteiger partial charge in [0.05, 0.1) is 15.6 Å². The van der Waals surface area contributed by atoms with Gasteiger partial charge in [0.25, 0.3) is 5.91 Å². The number of aromatic amines is 1. The smallest absolute Gasteiger partial charge is 0.257 e. The number of pyridine rings is 2. The number of carbonyl (C=O) groups is 2. The predicted molar refractivity (Wildman–Crippen MR) is 125 cm³/mol. The summed E-state index contributed by atoms with van der Waals surface area (Å²) in [6, 6.07) is 4.20. The van der Waals surface area contributed by atoms with Gasteiger partial charge in [-0.25, -0.2) is 4.98 Å². The van der Waals surface area contributed by atoms with E-state index in [0.29, 0.717) is 18.9 Å². The Labute approximate surface area is 195 Å². The number of fused-ring (bicyclic) bond motifs is 1. The molecular formula is C23H21Cl2N5O2. The van der Waals surface area contributed by atoms with Crippen molar-refractivity contribution in [2.75, 3.05) is 18.0 Å². The fourth-order valence-corrected chi connectivity index (χ4v) is 4.83. The van der Waals surface area contributed by atoms with Gasteiger partial charge in [-0.2, -0.15) is 0 Å². The lowest BCUT2D eigenvalue weighted by atomic mass is 9.89. The van der Waals surface area contributed by atoms with E-state index in [4.69, 9.17) is 23.2 Å². The van der Waals surface area contributed by atoms with Gasteiger partial charge in [-0.15, -0.1) is 0 Å². The van der Waals surface area contributed by atoms with E-state index in [1.807, 2.05) is 18.3 Å². The van der Waals surface area contributed by atoms with E-state index in [-0.39, 0.29) is 33.5 Å². The predicted octanol–water partition coefficient (Wildman–Crippen LogP) is 4.57. The van der Waals surface area contributed by atoms with Gasteiger partial charge in [0.15, 0.2) is 0 Å². The third-order valence-corrected chi connectivity index (χ3v) is 6.63. The van der Waals surface area contributed by atoms with E-state index in [0.717, 1.165) is 41.4 Å². The summed E-state index contributed by atoms with van der Waals surface area (Å²) in [6.07, 6.45) is 9.61. The highest BCUT2D eigenvalue weighted by Crippen LogP contribution is 2.37. The number of hydrogen-bond donors (Lipinski definition) is 1. The molecule has 0 radical (unpaired) electrons. The molecule has 4 heterocycles. The monoisotopic (exact) mass is 469 g/mol. The Morgan fingerprint density at radius 1 is 1.28 bits per heavy atom. The number of anilines is 1. The topological polar surface area (TPSA) is 82.2 Å². The van der Waals surface area contributed by atoms with Gasteiger partial charge >= 0.3 is 0 Å². The third kappa shape index (κ3) is 3.65. The van der Waals surface area contributed by atoms with Crippen molar-refractivity contribution in [2.24, 2.45) is 5.92 Å². The number of amides is 2. The second-order valence-corrected chi connectivity index (χ2v) is 9.08. The summed E-state index contributed by atoms with van der Waals surface area (Å²) in [5.74, 6) is 0.494. The Morgan fingerprint density at radius 2 is 2.03 bits per heavy atom. The van der Waals surface area contributed by atoms with Crippen molar-refractivity contribution in [3.8, 4) is 0 Å². The molecule has 5 rings (SSSR count). The molecule has 0 saturated heterocycles. The zero-order valence-corrected chi connectivity index (χ0v) is 18.9. The molecule has 0 spiro atoms. The molecule has 9 heteroatoms. The Kier molecular flexibility index (Phi) is 5.39. The summed E-state index contributed by atoms with van der Waals surface area (Å²) in [4.78, 5) is 40.0. The summed E-state index contributed by atoms with van der Waals surface area (Å²) >= 11 is 12.4. The quantitative estimate of drug-likeness (QED) is 0.554. The molecule has 2 amide bonds. The van der Waals surface area contributed by atoms with Crippen molar-refractivity contribution in [3.63, 3.8) is 0 Å². The summed E-state index contributed by atoms with van der Waals surface area (Å²) in [7, 11) is 0. The van der Waals surface area contributed by atoms with Crippen LogP contribution in [-0.2, 0) is 4.79 Å². The number of carbonyl (C=O) groups excluding carboxylic acids is 2. The van der Waals surface area contributed by atoms with Gasteiger partial charge in [0, 0.05) is 43.1 Å². The fraction of sp³-hybridized carbons (Fsp3) is 0.304. The molecule has 1 saturated carbocycles. The van der Waals surface area contributed by atoms with Crippen LogP contribution in [-0.4, -0.2) is 51.3 Å². The molecule has 0 aromatic carbocycles. The van der Waals surface area contributed by atoms with Crippen molar-refractivity contribution in [3.05, 3.63) is 58.0 Å². The first kappa shape index (κ1) is 21.0. The molecule has 32 heavy (non-hydrogen) atoms. The van der Waals surface area contributed by atoms with E-state index in [9.17, 15) is 9.59 Å². The molecule has 2 aliphatic rings. The zero-order chi connectivity index (χ0) is 22.4. The zero-order valence-electron chi connectivity index (χ0n) is 17.4. The first-order chi connectivity index (χ1) is 15.5. The lowest BCUT2D eigenvalue weighted by molar-refractivity contribution is -0.107. The van der Waals surface area contributed by atoms with E-state index < -0.39 is 0 Å². The van der Waals surface area contributed by atoms with Gasteiger partial charge in [-0.1, -0.05) is 36.2 Å². The number of nitrogens with zero attached hydrogens (tertiary/aromatic N) is 4. The number of halogens is 2. The number of nitrogens with one attached hydrogen (secondary N) is 1. The number of H-pyrrole nitrogens is 1. The Hall–Kier alpha value is -2.90. The third-order valence-electron chi connectivity index (χ3n) is 6.06. The highest BCUT2D eigenvalue weighted by atomic mass is 35.5. The van der Waals surface area contributed by atoms with Crippen molar-refractivity contribution in [1.82, 2.24) is 19.9 Å². The first-order valence-electron chi connectivity index (χ1n) is 10.5. The molecule has 1 atom stereocenters. The van der Waals surface area contributed by atoms with Gasteiger partial charge in [0.1, 0.15) is 11.5 Å². The molecule has 3 aromatic heterocycles. The van der Waals surface area contributed by atoms with Crippen LogP contribution in [0.15, 0.2) is 36.8 Å². The maximum Gasteiger partial charge on any atom is 0.257 e. The van der Waals surface area contributed by atoms with E-state index >= 15 is 0 Å². The molecule has 164 valence electrons. The largest absolute Gasteiger partial charge is 0.346 e. The van der Waals surface area contributed by atoms with Crippen molar-refractivity contribution in [1.29, 1.82) is 0 Å². The highest BCUT2D eigenvalue weighted by molar-refractivity contribution is 6.39. The van der Waals surface area contributed by atoms with Crippen LogP contribution in [0.1, 0.15) is 35.7 Å². The Balaban J connectivity index is 1.50. The molecule has 0 bridgehead atoms. The van der Waals surface area contributed by atoms with Crippen molar-refractivity contribution < 1.29 is 9.59 Å². The molecule has 7 nitrogen and oxygen atoms in total. The standard InChI is InChI=1S/C23H21Cl2N5O2/c1-13-11-29(23(32)21-18(24)9-26-10-19(21)25)7-5-15(13)17-8-20(30(12-31)14-2-3-14)28-22-16(17)4-6-27-22/h4-6,8-10,12-14H,2-3,7,11H2,1H3,(H,27,28). The number of rotatable bonds is 5. The van der Waals surface area contributed by atoms with Crippen LogP contribution < -0.4 is 4.90 Å². The highest BCUT2D eigenvalue weighted by Gasteiger charge is 2.32. The van der Waals surface area contributed by atoms with Crippen LogP contribution in [0.3, 0.4) is 0 Å². The normalized spacial score (nSPS) is 18.5. The maximum atomic E-state index is 13.1.